The molecule has 0 bridgehead atoms. The van der Waals surface area contributed by atoms with E-state index < -0.39 is 0 Å². The van der Waals surface area contributed by atoms with E-state index >= 15 is 0 Å². The van der Waals surface area contributed by atoms with Crippen molar-refractivity contribution in [1.82, 2.24) is 0 Å². The van der Waals surface area contributed by atoms with Crippen molar-refractivity contribution in [1.29, 1.82) is 0 Å². The van der Waals surface area contributed by atoms with Crippen LogP contribution in [0.5, 0.6) is 0 Å². The number of nitrogens with zero attached hydrogens (tertiary/aromatic N) is 1. The second kappa shape index (κ2) is 5.08. The fraction of sp³-hybridized carbons (Fsp3) is 0.500. The maximum Gasteiger partial charge on any atom is 0.299 e. The predicted octanol–water partition coefficient (Wildman–Crippen LogP) is 4.71. The molecule has 0 aliphatic carbocycles. The Morgan fingerprint density at radius 3 is 2.05 bits per heavy atom. The van der Waals surface area contributed by atoms with Crippen molar-refractivity contribution in [3.8, 4) is 0 Å². The van der Waals surface area contributed by atoms with Crippen molar-refractivity contribution in [2.75, 3.05) is 0 Å². The van der Waals surface area contributed by atoms with E-state index in [0.717, 1.165) is 5.76 Å². The molecular formula is C18H26NO+. The van der Waals surface area contributed by atoms with Gasteiger partial charge in [0.15, 0.2) is 5.71 Å². The largest absolute Gasteiger partial charge is 0.437 e. The molecule has 0 saturated carbocycles. The van der Waals surface area contributed by atoms with Crippen LogP contribution in [0, 0.1) is 19.3 Å². The number of benzene rings is 1. The standard InChI is InChI=1S/C18H26NO/c1-12-9-8-10-13(2)17(12)19-14(3)11-16(18(5,6)7)20-15(19)4/h8-11,15H,1-7H3/q+1. The van der Waals surface area contributed by atoms with Crippen molar-refractivity contribution >= 4 is 11.4 Å². The summed E-state index contributed by atoms with van der Waals surface area (Å²) in [4.78, 5) is 0. The first-order valence-electron chi connectivity index (χ1n) is 7.29. The molecule has 1 unspecified atom stereocenters. The third-order valence-corrected chi connectivity index (χ3v) is 3.80. The highest BCUT2D eigenvalue weighted by atomic mass is 16.5. The van der Waals surface area contributed by atoms with Crippen LogP contribution >= 0.6 is 0 Å². The molecule has 2 rings (SSSR count). The monoisotopic (exact) mass is 272 g/mol. The Kier molecular flexibility index (Phi) is 3.77. The van der Waals surface area contributed by atoms with Crippen molar-refractivity contribution in [3.05, 3.63) is 41.2 Å². The number of rotatable bonds is 1. The van der Waals surface area contributed by atoms with E-state index in [4.69, 9.17) is 4.74 Å². The van der Waals surface area contributed by atoms with Crippen LogP contribution in [0.4, 0.5) is 5.69 Å². The Labute approximate surface area is 122 Å². The SMILES string of the molecule is CC1=[N+](c2c(C)cccc2C)C(C)OC(C(C)(C)C)=C1. The van der Waals surface area contributed by atoms with E-state index in [1.165, 1.54) is 22.5 Å². The molecule has 1 heterocycles. The maximum atomic E-state index is 6.16. The van der Waals surface area contributed by atoms with Gasteiger partial charge in [0.25, 0.3) is 6.23 Å². The average Bonchev–Trinajstić information content (AvgIpc) is 2.30. The first-order chi connectivity index (χ1) is 9.21. The molecule has 1 aliphatic rings. The fourth-order valence-corrected chi connectivity index (χ4v) is 2.75. The normalized spacial score (nSPS) is 19.8. The molecule has 0 radical (unpaired) electrons. The summed E-state index contributed by atoms with van der Waals surface area (Å²) in [5.41, 5.74) is 5.12. The van der Waals surface area contributed by atoms with Gasteiger partial charge in [-0.1, -0.05) is 39.0 Å². The molecule has 1 aromatic carbocycles. The lowest BCUT2D eigenvalue weighted by atomic mass is 9.92. The van der Waals surface area contributed by atoms with Gasteiger partial charge in [-0.05, 0) is 13.8 Å². The molecule has 108 valence electrons. The van der Waals surface area contributed by atoms with Gasteiger partial charge in [-0.2, -0.15) is 4.58 Å². The molecule has 2 heteroatoms. The Hall–Kier alpha value is -1.57. The number of hydrogen-bond donors (Lipinski definition) is 0. The van der Waals surface area contributed by atoms with Gasteiger partial charge in [0.2, 0.25) is 5.69 Å². The van der Waals surface area contributed by atoms with Crippen LogP contribution in [0.3, 0.4) is 0 Å². The zero-order valence-corrected chi connectivity index (χ0v) is 13.7. The minimum atomic E-state index is 0.0222. The van der Waals surface area contributed by atoms with Crippen LogP contribution in [0.2, 0.25) is 0 Å². The summed E-state index contributed by atoms with van der Waals surface area (Å²) < 4.78 is 8.46. The van der Waals surface area contributed by atoms with Gasteiger partial charge in [0.1, 0.15) is 5.76 Å². The third-order valence-electron chi connectivity index (χ3n) is 3.80. The van der Waals surface area contributed by atoms with E-state index in [-0.39, 0.29) is 11.6 Å². The maximum absolute atomic E-state index is 6.16. The van der Waals surface area contributed by atoms with E-state index in [9.17, 15) is 0 Å². The molecule has 0 saturated heterocycles. The molecule has 0 aromatic heterocycles. The molecule has 1 atom stereocenters. The zero-order chi connectivity index (χ0) is 15.1. The summed E-state index contributed by atoms with van der Waals surface area (Å²) in [6.45, 7) is 15.2. The third kappa shape index (κ3) is 2.65. The smallest absolute Gasteiger partial charge is 0.299 e. The number of allylic oxidation sites excluding steroid dienone is 2. The molecule has 1 aromatic rings. The summed E-state index contributed by atoms with van der Waals surface area (Å²) in [7, 11) is 0. The number of para-hydroxylation sites is 1. The van der Waals surface area contributed by atoms with Gasteiger partial charge in [-0.3, -0.25) is 0 Å². The van der Waals surface area contributed by atoms with Gasteiger partial charge in [0.05, 0.1) is 0 Å². The van der Waals surface area contributed by atoms with Gasteiger partial charge >= 0.3 is 0 Å². The van der Waals surface area contributed by atoms with E-state index in [0.29, 0.717) is 0 Å². The quantitative estimate of drug-likeness (QED) is 0.674. The topological polar surface area (TPSA) is 12.2 Å². The summed E-state index contributed by atoms with van der Waals surface area (Å²) in [6, 6.07) is 6.42. The van der Waals surface area contributed by atoms with Gasteiger partial charge < -0.3 is 4.74 Å². The summed E-state index contributed by atoms with van der Waals surface area (Å²) in [5.74, 6) is 1.06. The summed E-state index contributed by atoms with van der Waals surface area (Å²) >= 11 is 0. The van der Waals surface area contributed by atoms with E-state index in [2.05, 4.69) is 77.3 Å². The van der Waals surface area contributed by atoms with Crippen LogP contribution in [0.15, 0.2) is 30.0 Å². The van der Waals surface area contributed by atoms with Crippen molar-refractivity contribution in [2.45, 2.75) is 54.7 Å². The molecule has 0 spiro atoms. The average molecular weight is 272 g/mol. The molecular weight excluding hydrogens is 246 g/mol. The first-order valence-corrected chi connectivity index (χ1v) is 7.29. The molecule has 0 amide bonds. The fourth-order valence-electron chi connectivity index (χ4n) is 2.75. The molecule has 0 fully saturated rings. The highest BCUT2D eigenvalue weighted by Gasteiger charge is 2.34. The van der Waals surface area contributed by atoms with E-state index in [1.807, 2.05) is 0 Å². The molecule has 1 aliphatic heterocycles. The number of ether oxygens (including phenoxy) is 1. The van der Waals surface area contributed by atoms with Crippen molar-refractivity contribution in [2.24, 2.45) is 5.41 Å². The number of aryl methyl sites for hydroxylation is 2. The minimum Gasteiger partial charge on any atom is -0.437 e. The Balaban J connectivity index is 2.59. The van der Waals surface area contributed by atoms with Crippen LogP contribution in [0.1, 0.15) is 45.7 Å². The van der Waals surface area contributed by atoms with Crippen molar-refractivity contribution in [3.63, 3.8) is 0 Å². The Morgan fingerprint density at radius 1 is 1.05 bits per heavy atom. The van der Waals surface area contributed by atoms with Gasteiger partial charge in [0, 0.05) is 36.5 Å². The summed E-state index contributed by atoms with van der Waals surface area (Å²) in [6.07, 6.45) is 2.19. The molecule has 2 nitrogen and oxygen atoms in total. The lowest BCUT2D eigenvalue weighted by Crippen LogP contribution is -2.34. The second-order valence-corrected chi connectivity index (χ2v) is 6.73. The highest BCUT2D eigenvalue weighted by Crippen LogP contribution is 2.33. The van der Waals surface area contributed by atoms with Crippen molar-refractivity contribution < 1.29 is 9.31 Å². The minimum absolute atomic E-state index is 0.0222. The van der Waals surface area contributed by atoms with Crippen LogP contribution in [-0.4, -0.2) is 16.5 Å². The zero-order valence-electron chi connectivity index (χ0n) is 13.7. The lowest BCUT2D eigenvalue weighted by molar-refractivity contribution is -0.538. The van der Waals surface area contributed by atoms with Crippen LogP contribution in [0.25, 0.3) is 0 Å². The van der Waals surface area contributed by atoms with E-state index in [1.54, 1.807) is 0 Å². The Bertz CT molecular complexity index is 568. The van der Waals surface area contributed by atoms with Crippen LogP contribution < -0.4 is 0 Å². The molecule has 0 N–H and O–H groups in total. The van der Waals surface area contributed by atoms with Gasteiger partial charge in [-0.25, -0.2) is 0 Å². The second-order valence-electron chi connectivity index (χ2n) is 6.73. The predicted molar refractivity (Wildman–Crippen MR) is 84.6 cm³/mol. The summed E-state index contributed by atoms with van der Waals surface area (Å²) in [5, 5.41) is 0. The first kappa shape index (κ1) is 14.8. The lowest BCUT2D eigenvalue weighted by Gasteiger charge is -2.29. The molecule has 20 heavy (non-hydrogen) atoms. The van der Waals surface area contributed by atoms with Crippen LogP contribution in [-0.2, 0) is 4.74 Å². The number of hydrogen-bond acceptors (Lipinski definition) is 1. The van der Waals surface area contributed by atoms with Gasteiger partial charge in [-0.15, -0.1) is 0 Å². The Morgan fingerprint density at radius 2 is 1.60 bits per heavy atom. The highest BCUT2D eigenvalue weighted by molar-refractivity contribution is 5.90.